The van der Waals surface area contributed by atoms with Crippen LogP contribution in [0, 0.1) is 0 Å². The van der Waals surface area contributed by atoms with Gasteiger partial charge in [0.15, 0.2) is 0 Å². The van der Waals surface area contributed by atoms with Crippen molar-refractivity contribution in [1.29, 1.82) is 0 Å². The maximum atomic E-state index is 13.5. The van der Waals surface area contributed by atoms with Crippen LogP contribution >= 0.6 is 0 Å². The molecule has 0 spiro atoms. The summed E-state index contributed by atoms with van der Waals surface area (Å²) < 4.78 is 5.41. The van der Waals surface area contributed by atoms with Crippen molar-refractivity contribution in [2.24, 2.45) is 0 Å². The maximum Gasteiger partial charge on any atom is 0.277 e. The Morgan fingerprint density at radius 1 is 0.758 bits per heavy atom. The quantitative estimate of drug-likeness (QED) is 0.598. The Kier molecular flexibility index (Phi) is 6.32. The number of rotatable bonds is 6. The SMILES string of the molecule is O=C1C(c2ccccc2)=C(N2CCN(c3ncccn3)CC2)C(=O)N1CCN1CCOCC1. The lowest BCUT2D eigenvalue weighted by Gasteiger charge is -2.36. The third kappa shape index (κ3) is 4.46. The van der Waals surface area contributed by atoms with Gasteiger partial charge in [-0.1, -0.05) is 30.3 Å². The fourth-order valence-electron chi connectivity index (χ4n) is 4.58. The van der Waals surface area contributed by atoms with Gasteiger partial charge in [-0.05, 0) is 11.6 Å². The summed E-state index contributed by atoms with van der Waals surface area (Å²) in [7, 11) is 0. The molecule has 0 radical (unpaired) electrons. The predicted octanol–water partition coefficient (Wildman–Crippen LogP) is 0.711. The van der Waals surface area contributed by atoms with E-state index >= 15 is 0 Å². The topological polar surface area (TPSA) is 82.1 Å². The fourth-order valence-corrected chi connectivity index (χ4v) is 4.58. The van der Waals surface area contributed by atoms with Gasteiger partial charge in [0.1, 0.15) is 5.70 Å². The number of benzene rings is 1. The van der Waals surface area contributed by atoms with Gasteiger partial charge in [0.25, 0.3) is 11.8 Å². The van der Waals surface area contributed by atoms with E-state index < -0.39 is 0 Å². The van der Waals surface area contributed by atoms with Crippen LogP contribution in [-0.4, -0.2) is 102 Å². The van der Waals surface area contributed by atoms with Crippen LogP contribution in [0.15, 0.2) is 54.5 Å². The number of hydrogen-bond donors (Lipinski definition) is 0. The van der Waals surface area contributed by atoms with Crippen molar-refractivity contribution >= 4 is 23.3 Å². The summed E-state index contributed by atoms with van der Waals surface area (Å²) >= 11 is 0. The highest BCUT2D eigenvalue weighted by atomic mass is 16.5. The molecule has 0 saturated carbocycles. The van der Waals surface area contributed by atoms with Crippen LogP contribution in [0.25, 0.3) is 5.57 Å². The number of hydrogen-bond acceptors (Lipinski definition) is 8. The van der Waals surface area contributed by atoms with E-state index in [1.54, 1.807) is 18.5 Å². The monoisotopic (exact) mass is 448 g/mol. The highest BCUT2D eigenvalue weighted by Gasteiger charge is 2.42. The molecule has 0 atom stereocenters. The van der Waals surface area contributed by atoms with E-state index in [1.807, 2.05) is 30.3 Å². The van der Waals surface area contributed by atoms with E-state index in [0.29, 0.717) is 69.7 Å². The molecule has 2 amide bonds. The number of anilines is 1. The van der Waals surface area contributed by atoms with Crippen LogP contribution < -0.4 is 4.90 Å². The molecular formula is C24H28N6O3. The van der Waals surface area contributed by atoms with Crippen LogP contribution in [-0.2, 0) is 14.3 Å². The molecule has 2 aromatic rings. The number of morpholine rings is 1. The Labute approximate surface area is 193 Å². The number of carbonyl (C=O) groups is 2. The number of amides is 2. The van der Waals surface area contributed by atoms with E-state index in [4.69, 9.17) is 4.74 Å². The zero-order valence-corrected chi connectivity index (χ0v) is 18.6. The highest BCUT2D eigenvalue weighted by Crippen LogP contribution is 2.32. The summed E-state index contributed by atoms with van der Waals surface area (Å²) in [6.07, 6.45) is 3.46. The predicted molar refractivity (Wildman–Crippen MR) is 123 cm³/mol. The first-order valence-electron chi connectivity index (χ1n) is 11.5. The summed E-state index contributed by atoms with van der Waals surface area (Å²) in [6.45, 7) is 6.70. The number of carbonyl (C=O) groups excluding carboxylic acids is 2. The maximum absolute atomic E-state index is 13.5. The minimum Gasteiger partial charge on any atom is -0.379 e. The minimum absolute atomic E-state index is 0.198. The molecule has 2 saturated heterocycles. The molecule has 2 fully saturated rings. The Balaban J connectivity index is 1.36. The lowest BCUT2D eigenvalue weighted by atomic mass is 10.0. The average molecular weight is 449 g/mol. The number of ether oxygens (including phenoxy) is 1. The third-order valence-electron chi connectivity index (χ3n) is 6.38. The van der Waals surface area contributed by atoms with E-state index in [1.165, 1.54) is 4.90 Å². The molecule has 4 heterocycles. The number of aromatic nitrogens is 2. The van der Waals surface area contributed by atoms with Crippen LogP contribution in [0.3, 0.4) is 0 Å². The van der Waals surface area contributed by atoms with E-state index in [9.17, 15) is 9.59 Å². The summed E-state index contributed by atoms with van der Waals surface area (Å²) in [4.78, 5) is 43.5. The van der Waals surface area contributed by atoms with Gasteiger partial charge in [-0.25, -0.2) is 9.97 Å². The molecule has 1 aromatic heterocycles. The fraction of sp³-hybridized carbons (Fsp3) is 0.417. The molecule has 0 bridgehead atoms. The zero-order valence-electron chi connectivity index (χ0n) is 18.6. The molecular weight excluding hydrogens is 420 g/mol. The second-order valence-electron chi connectivity index (χ2n) is 8.33. The lowest BCUT2D eigenvalue weighted by molar-refractivity contribution is -0.138. The molecule has 3 aliphatic rings. The van der Waals surface area contributed by atoms with E-state index in [-0.39, 0.29) is 11.8 Å². The zero-order chi connectivity index (χ0) is 22.6. The van der Waals surface area contributed by atoms with Gasteiger partial charge in [-0.3, -0.25) is 19.4 Å². The van der Waals surface area contributed by atoms with Crippen molar-refractivity contribution in [3.05, 3.63) is 60.1 Å². The van der Waals surface area contributed by atoms with Crippen molar-refractivity contribution in [2.75, 3.05) is 70.5 Å². The van der Waals surface area contributed by atoms with Crippen molar-refractivity contribution in [3.8, 4) is 0 Å². The van der Waals surface area contributed by atoms with Crippen LogP contribution in [0.1, 0.15) is 5.56 Å². The van der Waals surface area contributed by atoms with Gasteiger partial charge in [0.05, 0.1) is 18.8 Å². The van der Waals surface area contributed by atoms with Crippen molar-refractivity contribution in [3.63, 3.8) is 0 Å². The van der Waals surface area contributed by atoms with Gasteiger partial charge in [-0.2, -0.15) is 0 Å². The first-order valence-corrected chi connectivity index (χ1v) is 11.5. The van der Waals surface area contributed by atoms with Crippen molar-refractivity contribution in [2.45, 2.75) is 0 Å². The second kappa shape index (κ2) is 9.68. The lowest BCUT2D eigenvalue weighted by Crippen LogP contribution is -2.48. The molecule has 33 heavy (non-hydrogen) atoms. The van der Waals surface area contributed by atoms with E-state index in [0.717, 1.165) is 18.7 Å². The van der Waals surface area contributed by atoms with Crippen molar-refractivity contribution < 1.29 is 14.3 Å². The molecule has 9 nitrogen and oxygen atoms in total. The third-order valence-corrected chi connectivity index (χ3v) is 6.38. The molecule has 5 rings (SSSR count). The van der Waals surface area contributed by atoms with Crippen LogP contribution in [0.5, 0.6) is 0 Å². The summed E-state index contributed by atoms with van der Waals surface area (Å²) in [5, 5.41) is 0. The normalized spacial score (nSPS) is 20.2. The van der Waals surface area contributed by atoms with Gasteiger partial charge >= 0.3 is 0 Å². The Bertz CT molecular complexity index is 1020. The largest absolute Gasteiger partial charge is 0.379 e. The van der Waals surface area contributed by atoms with Crippen LogP contribution in [0.4, 0.5) is 5.95 Å². The summed E-state index contributed by atoms with van der Waals surface area (Å²) in [6, 6.07) is 11.3. The molecule has 1 aromatic carbocycles. The standard InChI is InChI=1S/C24H28N6O3/c31-22-20(19-5-2-1-3-6-19)21(23(32)30(22)14-9-27-15-17-33-18-16-27)28-10-12-29(13-11-28)24-25-7-4-8-26-24/h1-8H,9-18H2. The first kappa shape index (κ1) is 21.5. The van der Waals surface area contributed by atoms with Gasteiger partial charge in [-0.15, -0.1) is 0 Å². The van der Waals surface area contributed by atoms with Crippen LogP contribution in [0.2, 0.25) is 0 Å². The smallest absolute Gasteiger partial charge is 0.277 e. The van der Waals surface area contributed by atoms with Crippen molar-refractivity contribution in [1.82, 2.24) is 24.7 Å². The molecule has 0 unspecified atom stereocenters. The Morgan fingerprint density at radius 3 is 2.12 bits per heavy atom. The molecule has 0 aliphatic carbocycles. The highest BCUT2D eigenvalue weighted by molar-refractivity contribution is 6.35. The molecule has 172 valence electrons. The molecule has 0 N–H and O–H groups in total. The van der Waals surface area contributed by atoms with Gasteiger partial charge < -0.3 is 14.5 Å². The summed E-state index contributed by atoms with van der Waals surface area (Å²) in [5.41, 5.74) is 1.81. The number of nitrogens with zero attached hydrogens (tertiary/aromatic N) is 6. The molecule has 9 heteroatoms. The second-order valence-corrected chi connectivity index (χ2v) is 8.33. The van der Waals surface area contributed by atoms with E-state index in [2.05, 4.69) is 24.7 Å². The molecule has 3 aliphatic heterocycles. The first-order chi connectivity index (χ1) is 16.2. The minimum atomic E-state index is -0.205. The number of piperazine rings is 1. The van der Waals surface area contributed by atoms with Gasteiger partial charge in [0, 0.05) is 64.8 Å². The Morgan fingerprint density at radius 2 is 1.42 bits per heavy atom. The average Bonchev–Trinajstić information content (AvgIpc) is 3.13. The van der Waals surface area contributed by atoms with Gasteiger partial charge in [0.2, 0.25) is 5.95 Å². The Hall–Kier alpha value is -3.30. The summed E-state index contributed by atoms with van der Waals surface area (Å²) in [5.74, 6) is 0.287. The number of imide groups is 1.